The highest BCUT2D eigenvalue weighted by Gasteiger charge is 2.22. The molecule has 0 spiro atoms. The summed E-state index contributed by atoms with van der Waals surface area (Å²) in [4.78, 5) is 12.4. The van der Waals surface area contributed by atoms with Crippen molar-refractivity contribution >= 4 is 33.2 Å². The number of halogens is 1. The number of hydrogen-bond donors (Lipinski definition) is 2. The Hall–Kier alpha value is -1.89. The Labute approximate surface area is 147 Å². The molecule has 0 aliphatic carbocycles. The second-order valence-corrected chi connectivity index (χ2v) is 7.75. The number of benzene rings is 2. The van der Waals surface area contributed by atoms with Gasteiger partial charge >= 0.3 is 0 Å². The van der Waals surface area contributed by atoms with Gasteiger partial charge in [0.2, 0.25) is 15.9 Å². The van der Waals surface area contributed by atoms with Gasteiger partial charge in [0, 0.05) is 10.7 Å². The first-order valence-corrected chi connectivity index (χ1v) is 9.21. The topological polar surface area (TPSA) is 75.3 Å². The summed E-state index contributed by atoms with van der Waals surface area (Å²) in [7, 11) is -3.76. The average Bonchev–Trinajstić information content (AvgIpc) is 2.50. The lowest BCUT2D eigenvalue weighted by Gasteiger charge is -2.15. The fourth-order valence-corrected chi connectivity index (χ4v) is 3.51. The van der Waals surface area contributed by atoms with Gasteiger partial charge < -0.3 is 5.32 Å². The summed E-state index contributed by atoms with van der Waals surface area (Å²) in [5, 5.41) is 3.26. The SMILES string of the molecule is Cc1ccc(S(=O)(=O)N[C@H](C)C(=O)Nc2ccc(Cl)cc2C)cc1. The van der Waals surface area contributed by atoms with E-state index in [9.17, 15) is 13.2 Å². The van der Waals surface area contributed by atoms with E-state index in [1.165, 1.54) is 19.1 Å². The first kappa shape index (κ1) is 18.4. The Balaban J connectivity index is 2.09. The molecular formula is C17H19ClN2O3S. The van der Waals surface area contributed by atoms with E-state index in [1.54, 1.807) is 30.3 Å². The van der Waals surface area contributed by atoms with Crippen LogP contribution in [0.15, 0.2) is 47.4 Å². The standard InChI is InChI=1S/C17H19ClN2O3S/c1-11-4-7-15(8-5-11)24(22,23)20-13(3)17(21)19-16-9-6-14(18)10-12(16)2/h4-10,13,20H,1-3H3,(H,19,21)/t13-/m1/s1. The molecule has 0 bridgehead atoms. The molecule has 0 radical (unpaired) electrons. The van der Waals surface area contributed by atoms with Crippen LogP contribution in [0.1, 0.15) is 18.1 Å². The van der Waals surface area contributed by atoms with E-state index in [2.05, 4.69) is 10.0 Å². The van der Waals surface area contributed by atoms with Crippen molar-refractivity contribution in [2.24, 2.45) is 0 Å². The minimum atomic E-state index is -3.76. The van der Waals surface area contributed by atoms with Crippen LogP contribution in [0.5, 0.6) is 0 Å². The van der Waals surface area contributed by atoms with Crippen LogP contribution in [0.2, 0.25) is 5.02 Å². The maximum atomic E-state index is 12.3. The Bertz CT molecular complexity index is 849. The van der Waals surface area contributed by atoms with Crippen molar-refractivity contribution in [2.75, 3.05) is 5.32 Å². The summed E-state index contributed by atoms with van der Waals surface area (Å²) in [6, 6.07) is 10.6. The Morgan fingerprint density at radius 2 is 1.71 bits per heavy atom. The smallest absolute Gasteiger partial charge is 0.242 e. The normalized spacial score (nSPS) is 12.7. The molecular weight excluding hydrogens is 348 g/mol. The van der Waals surface area contributed by atoms with Gasteiger partial charge in [0.15, 0.2) is 0 Å². The molecule has 0 heterocycles. The largest absolute Gasteiger partial charge is 0.324 e. The molecule has 1 amide bonds. The molecule has 7 heteroatoms. The molecule has 2 aromatic carbocycles. The zero-order chi connectivity index (χ0) is 17.9. The number of amides is 1. The van der Waals surface area contributed by atoms with Crippen molar-refractivity contribution < 1.29 is 13.2 Å². The van der Waals surface area contributed by atoms with Gasteiger partial charge in [-0.05, 0) is 56.7 Å². The van der Waals surface area contributed by atoms with Crippen LogP contribution >= 0.6 is 11.6 Å². The van der Waals surface area contributed by atoms with Crippen LogP contribution in [-0.4, -0.2) is 20.4 Å². The van der Waals surface area contributed by atoms with E-state index in [4.69, 9.17) is 11.6 Å². The van der Waals surface area contributed by atoms with Crippen LogP contribution in [-0.2, 0) is 14.8 Å². The summed E-state index contributed by atoms with van der Waals surface area (Å²) in [5.74, 6) is -0.448. The van der Waals surface area contributed by atoms with E-state index in [0.717, 1.165) is 11.1 Å². The van der Waals surface area contributed by atoms with Gasteiger partial charge in [-0.25, -0.2) is 8.42 Å². The number of sulfonamides is 1. The highest BCUT2D eigenvalue weighted by Crippen LogP contribution is 2.20. The molecule has 5 nitrogen and oxygen atoms in total. The van der Waals surface area contributed by atoms with Gasteiger partial charge in [0.05, 0.1) is 10.9 Å². The molecule has 0 saturated heterocycles. The average molecular weight is 367 g/mol. The van der Waals surface area contributed by atoms with Crippen LogP contribution in [0.4, 0.5) is 5.69 Å². The molecule has 2 N–H and O–H groups in total. The number of carbonyl (C=O) groups is 1. The maximum absolute atomic E-state index is 12.3. The van der Waals surface area contributed by atoms with Crippen LogP contribution in [0.3, 0.4) is 0 Å². The highest BCUT2D eigenvalue weighted by atomic mass is 35.5. The first-order valence-electron chi connectivity index (χ1n) is 7.35. The van der Waals surface area contributed by atoms with Crippen molar-refractivity contribution in [3.8, 4) is 0 Å². The second kappa shape index (κ2) is 7.34. The van der Waals surface area contributed by atoms with Gasteiger partial charge in [-0.1, -0.05) is 29.3 Å². The first-order chi connectivity index (χ1) is 11.2. The van der Waals surface area contributed by atoms with Gasteiger partial charge in [-0.2, -0.15) is 4.72 Å². The molecule has 0 aliphatic heterocycles. The fourth-order valence-electron chi connectivity index (χ4n) is 2.08. The molecule has 0 aromatic heterocycles. The molecule has 128 valence electrons. The number of rotatable bonds is 5. The Morgan fingerprint density at radius 3 is 2.29 bits per heavy atom. The third kappa shape index (κ3) is 4.56. The molecule has 0 fully saturated rings. The lowest BCUT2D eigenvalue weighted by molar-refractivity contribution is -0.117. The lowest BCUT2D eigenvalue weighted by Crippen LogP contribution is -2.41. The van der Waals surface area contributed by atoms with Crippen molar-refractivity contribution in [1.29, 1.82) is 0 Å². The summed E-state index contributed by atoms with van der Waals surface area (Å²) < 4.78 is 27.0. The Kier molecular flexibility index (Phi) is 5.64. The number of hydrogen-bond acceptors (Lipinski definition) is 3. The maximum Gasteiger partial charge on any atom is 0.242 e. The van der Waals surface area contributed by atoms with Crippen molar-refractivity contribution in [1.82, 2.24) is 4.72 Å². The number of carbonyl (C=O) groups excluding carboxylic acids is 1. The molecule has 2 aromatic rings. The van der Waals surface area contributed by atoms with E-state index in [0.29, 0.717) is 10.7 Å². The minimum absolute atomic E-state index is 0.121. The molecule has 24 heavy (non-hydrogen) atoms. The number of nitrogens with one attached hydrogen (secondary N) is 2. The molecule has 0 saturated carbocycles. The van der Waals surface area contributed by atoms with E-state index >= 15 is 0 Å². The molecule has 0 aliphatic rings. The van der Waals surface area contributed by atoms with Crippen molar-refractivity contribution in [3.05, 3.63) is 58.6 Å². The monoisotopic (exact) mass is 366 g/mol. The molecule has 0 unspecified atom stereocenters. The van der Waals surface area contributed by atoms with Gasteiger partial charge in [-0.15, -0.1) is 0 Å². The summed E-state index contributed by atoms with van der Waals surface area (Å²) in [5.41, 5.74) is 2.34. The zero-order valence-electron chi connectivity index (χ0n) is 13.6. The third-order valence-corrected chi connectivity index (χ3v) is 5.29. The van der Waals surface area contributed by atoms with E-state index in [-0.39, 0.29) is 4.90 Å². The third-order valence-electron chi connectivity index (χ3n) is 3.50. The quantitative estimate of drug-likeness (QED) is 0.852. The lowest BCUT2D eigenvalue weighted by atomic mass is 10.2. The van der Waals surface area contributed by atoms with Crippen LogP contribution in [0, 0.1) is 13.8 Å². The predicted molar refractivity (Wildman–Crippen MR) is 95.8 cm³/mol. The summed E-state index contributed by atoms with van der Waals surface area (Å²) in [6.07, 6.45) is 0. The van der Waals surface area contributed by atoms with Gasteiger partial charge in [0.25, 0.3) is 0 Å². The Morgan fingerprint density at radius 1 is 1.08 bits per heavy atom. The minimum Gasteiger partial charge on any atom is -0.324 e. The number of anilines is 1. The van der Waals surface area contributed by atoms with Crippen LogP contribution in [0.25, 0.3) is 0 Å². The van der Waals surface area contributed by atoms with E-state index < -0.39 is 22.0 Å². The fraction of sp³-hybridized carbons (Fsp3) is 0.235. The summed E-state index contributed by atoms with van der Waals surface area (Å²) in [6.45, 7) is 5.17. The van der Waals surface area contributed by atoms with Crippen molar-refractivity contribution in [3.63, 3.8) is 0 Å². The summed E-state index contributed by atoms with van der Waals surface area (Å²) >= 11 is 5.88. The van der Waals surface area contributed by atoms with Crippen LogP contribution < -0.4 is 10.0 Å². The van der Waals surface area contributed by atoms with E-state index in [1.807, 2.05) is 13.8 Å². The van der Waals surface area contributed by atoms with Crippen molar-refractivity contribution in [2.45, 2.75) is 31.7 Å². The predicted octanol–water partition coefficient (Wildman–Crippen LogP) is 3.26. The van der Waals surface area contributed by atoms with Gasteiger partial charge in [-0.3, -0.25) is 4.79 Å². The zero-order valence-corrected chi connectivity index (χ0v) is 15.2. The number of aryl methyl sites for hydroxylation is 2. The molecule has 2 rings (SSSR count). The molecule has 1 atom stereocenters. The van der Waals surface area contributed by atoms with Gasteiger partial charge in [0.1, 0.15) is 0 Å². The highest BCUT2D eigenvalue weighted by molar-refractivity contribution is 7.89. The second-order valence-electron chi connectivity index (χ2n) is 5.60.